The van der Waals surface area contributed by atoms with E-state index in [0.717, 1.165) is 35.7 Å². The van der Waals surface area contributed by atoms with E-state index in [1.807, 2.05) is 30.5 Å². The van der Waals surface area contributed by atoms with E-state index >= 15 is 0 Å². The molecule has 1 amide bonds. The number of aliphatic hydroxyl groups is 1. The first kappa shape index (κ1) is 16.5. The maximum absolute atomic E-state index is 12.5. The van der Waals surface area contributed by atoms with Gasteiger partial charge in [-0.3, -0.25) is 9.78 Å². The van der Waals surface area contributed by atoms with Gasteiger partial charge in [-0.1, -0.05) is 25.1 Å². The second kappa shape index (κ2) is 6.41. The Balaban J connectivity index is 1.51. The predicted molar refractivity (Wildman–Crippen MR) is 97.9 cm³/mol. The van der Waals surface area contributed by atoms with Gasteiger partial charge < -0.3 is 10.4 Å². The van der Waals surface area contributed by atoms with E-state index in [9.17, 15) is 9.90 Å². The molecule has 25 heavy (non-hydrogen) atoms. The van der Waals surface area contributed by atoms with Gasteiger partial charge in [0.05, 0.1) is 17.7 Å². The summed E-state index contributed by atoms with van der Waals surface area (Å²) >= 11 is 0. The zero-order valence-electron chi connectivity index (χ0n) is 14.7. The number of nitrogens with zero attached hydrogens (tertiary/aromatic N) is 1. The summed E-state index contributed by atoms with van der Waals surface area (Å²) in [5.74, 6) is 0.408. The number of carbonyl (C=O) groups is 1. The molecular formula is C21H26N2O2. The average molecular weight is 338 g/mol. The van der Waals surface area contributed by atoms with Gasteiger partial charge in [0.2, 0.25) is 5.91 Å². The number of hydrogen-bond acceptors (Lipinski definition) is 3. The van der Waals surface area contributed by atoms with Crippen LogP contribution in [-0.4, -0.2) is 22.1 Å². The predicted octanol–water partition coefficient (Wildman–Crippen LogP) is 3.74. The molecule has 132 valence electrons. The molecular weight excluding hydrogens is 312 g/mol. The van der Waals surface area contributed by atoms with E-state index in [1.165, 1.54) is 12.8 Å². The standard InChI is InChI=1S/C21H26N2O2/c1-21(8-9-21)7-6-19(25)23-20(15-11-17(24)12-15)16-10-14-4-2-3-5-18(14)22-13-16/h2-5,10,13,15,17,20,24H,6-9,11-12H2,1H3,(H,23,25)/t15?,17?,20-/m1/s1. The molecule has 1 heterocycles. The number of para-hydroxylation sites is 1. The number of benzene rings is 1. The van der Waals surface area contributed by atoms with E-state index in [0.29, 0.717) is 17.8 Å². The molecule has 2 aliphatic rings. The third-order valence-corrected chi connectivity index (χ3v) is 5.97. The maximum Gasteiger partial charge on any atom is 0.220 e. The number of hydrogen-bond donors (Lipinski definition) is 2. The van der Waals surface area contributed by atoms with Crippen LogP contribution in [0, 0.1) is 11.3 Å². The number of fused-ring (bicyclic) bond motifs is 1. The Morgan fingerprint density at radius 2 is 2.12 bits per heavy atom. The summed E-state index contributed by atoms with van der Waals surface area (Å²) in [4.78, 5) is 17.0. The van der Waals surface area contributed by atoms with E-state index in [-0.39, 0.29) is 18.1 Å². The van der Waals surface area contributed by atoms with Crippen molar-refractivity contribution in [1.82, 2.24) is 10.3 Å². The minimum Gasteiger partial charge on any atom is -0.393 e. The zero-order chi connectivity index (χ0) is 17.4. The first-order valence-electron chi connectivity index (χ1n) is 9.35. The molecule has 1 atom stereocenters. The van der Waals surface area contributed by atoms with Crippen LogP contribution in [0.5, 0.6) is 0 Å². The molecule has 0 spiro atoms. The summed E-state index contributed by atoms with van der Waals surface area (Å²) in [5, 5.41) is 14.0. The molecule has 2 N–H and O–H groups in total. The number of aromatic nitrogens is 1. The summed E-state index contributed by atoms with van der Waals surface area (Å²) in [6.45, 7) is 2.26. The number of amides is 1. The van der Waals surface area contributed by atoms with Crippen LogP contribution in [0.2, 0.25) is 0 Å². The van der Waals surface area contributed by atoms with Gasteiger partial charge >= 0.3 is 0 Å². The highest BCUT2D eigenvalue weighted by molar-refractivity contribution is 5.80. The number of nitrogens with one attached hydrogen (secondary N) is 1. The number of aliphatic hydroxyl groups excluding tert-OH is 1. The molecule has 4 nitrogen and oxygen atoms in total. The van der Waals surface area contributed by atoms with Crippen LogP contribution in [0.3, 0.4) is 0 Å². The van der Waals surface area contributed by atoms with Crippen molar-refractivity contribution in [3.63, 3.8) is 0 Å². The molecule has 4 heteroatoms. The SMILES string of the molecule is CC1(CCC(=O)N[C@@H](c2cnc3ccccc3c2)C2CC(O)C2)CC1. The molecule has 0 bridgehead atoms. The lowest BCUT2D eigenvalue weighted by Gasteiger charge is -2.38. The van der Waals surface area contributed by atoms with Gasteiger partial charge in [-0.15, -0.1) is 0 Å². The van der Waals surface area contributed by atoms with Gasteiger partial charge in [0, 0.05) is 18.0 Å². The van der Waals surface area contributed by atoms with Gasteiger partial charge in [0.15, 0.2) is 0 Å². The van der Waals surface area contributed by atoms with Crippen LogP contribution in [0.25, 0.3) is 10.9 Å². The van der Waals surface area contributed by atoms with Crippen molar-refractivity contribution in [2.24, 2.45) is 11.3 Å². The van der Waals surface area contributed by atoms with Gasteiger partial charge in [-0.2, -0.15) is 0 Å². The van der Waals surface area contributed by atoms with Gasteiger partial charge in [-0.05, 0) is 61.1 Å². The molecule has 2 aliphatic carbocycles. The molecule has 0 radical (unpaired) electrons. The molecule has 1 aromatic carbocycles. The summed E-state index contributed by atoms with van der Waals surface area (Å²) in [5.41, 5.74) is 2.40. The molecule has 4 rings (SSSR count). The van der Waals surface area contributed by atoms with Crippen molar-refractivity contribution in [2.45, 2.75) is 57.6 Å². The first-order valence-corrected chi connectivity index (χ1v) is 9.35. The van der Waals surface area contributed by atoms with Gasteiger partial charge in [0.25, 0.3) is 0 Å². The number of rotatable bonds is 6. The summed E-state index contributed by atoms with van der Waals surface area (Å²) in [7, 11) is 0. The third kappa shape index (κ3) is 3.69. The molecule has 2 fully saturated rings. The van der Waals surface area contributed by atoms with Crippen LogP contribution >= 0.6 is 0 Å². The van der Waals surface area contributed by atoms with Crippen LogP contribution in [-0.2, 0) is 4.79 Å². The molecule has 2 aromatic rings. The van der Waals surface area contributed by atoms with Crippen LogP contribution < -0.4 is 5.32 Å². The zero-order valence-corrected chi connectivity index (χ0v) is 14.7. The Hall–Kier alpha value is -1.94. The number of pyridine rings is 1. The fourth-order valence-electron chi connectivity index (χ4n) is 3.76. The van der Waals surface area contributed by atoms with Crippen LogP contribution in [0.1, 0.15) is 57.1 Å². The van der Waals surface area contributed by atoms with Crippen molar-refractivity contribution < 1.29 is 9.90 Å². The lowest BCUT2D eigenvalue weighted by molar-refractivity contribution is -0.123. The highest BCUT2D eigenvalue weighted by Crippen LogP contribution is 2.49. The van der Waals surface area contributed by atoms with Crippen molar-refractivity contribution in [1.29, 1.82) is 0 Å². The molecule has 1 aromatic heterocycles. The Kier molecular flexibility index (Phi) is 4.24. The van der Waals surface area contributed by atoms with E-state index in [4.69, 9.17) is 0 Å². The smallest absolute Gasteiger partial charge is 0.220 e. The van der Waals surface area contributed by atoms with E-state index < -0.39 is 0 Å². The van der Waals surface area contributed by atoms with Crippen molar-refractivity contribution >= 4 is 16.8 Å². The average Bonchev–Trinajstić information content (AvgIpc) is 3.33. The summed E-state index contributed by atoms with van der Waals surface area (Å²) in [6.07, 6.45) is 7.17. The van der Waals surface area contributed by atoms with Crippen LogP contribution in [0.15, 0.2) is 36.5 Å². The van der Waals surface area contributed by atoms with Crippen molar-refractivity contribution in [2.75, 3.05) is 0 Å². The van der Waals surface area contributed by atoms with Crippen molar-refractivity contribution in [3.05, 3.63) is 42.1 Å². The lowest BCUT2D eigenvalue weighted by atomic mass is 9.75. The van der Waals surface area contributed by atoms with Crippen molar-refractivity contribution in [3.8, 4) is 0 Å². The Labute approximate surface area is 148 Å². The first-order chi connectivity index (χ1) is 12.0. The molecule has 2 saturated carbocycles. The lowest BCUT2D eigenvalue weighted by Crippen LogP contribution is -2.41. The highest BCUT2D eigenvalue weighted by atomic mass is 16.3. The third-order valence-electron chi connectivity index (χ3n) is 5.97. The Morgan fingerprint density at radius 1 is 1.36 bits per heavy atom. The monoisotopic (exact) mass is 338 g/mol. The minimum atomic E-state index is -0.233. The minimum absolute atomic E-state index is 0.0555. The van der Waals surface area contributed by atoms with Crippen LogP contribution in [0.4, 0.5) is 0 Å². The van der Waals surface area contributed by atoms with Gasteiger partial charge in [-0.25, -0.2) is 0 Å². The second-order valence-electron chi connectivity index (χ2n) is 8.20. The normalized spacial score (nSPS) is 25.2. The number of carbonyl (C=O) groups excluding carboxylic acids is 1. The Bertz CT molecular complexity index is 778. The fraction of sp³-hybridized carbons (Fsp3) is 0.524. The fourth-order valence-corrected chi connectivity index (χ4v) is 3.76. The molecule has 0 saturated heterocycles. The topological polar surface area (TPSA) is 62.2 Å². The highest BCUT2D eigenvalue weighted by Gasteiger charge is 2.38. The Morgan fingerprint density at radius 3 is 2.84 bits per heavy atom. The quantitative estimate of drug-likeness (QED) is 0.843. The van der Waals surface area contributed by atoms with E-state index in [1.54, 1.807) is 0 Å². The summed E-state index contributed by atoms with van der Waals surface area (Å²) < 4.78 is 0. The largest absolute Gasteiger partial charge is 0.393 e. The van der Waals surface area contributed by atoms with E-state index in [2.05, 4.69) is 23.3 Å². The summed E-state index contributed by atoms with van der Waals surface area (Å²) in [6, 6.07) is 10.1. The molecule has 0 aliphatic heterocycles. The second-order valence-corrected chi connectivity index (χ2v) is 8.20. The van der Waals surface area contributed by atoms with Gasteiger partial charge in [0.1, 0.15) is 0 Å². The maximum atomic E-state index is 12.5. The molecule has 0 unspecified atom stereocenters.